The van der Waals surface area contributed by atoms with E-state index in [9.17, 15) is 9.90 Å². The molecule has 6 rings (SSSR count). The Morgan fingerprint density at radius 3 is 2.34 bits per heavy atom. The monoisotopic (exact) mass is 470 g/mol. The topological polar surface area (TPSA) is 46.5 Å². The van der Waals surface area contributed by atoms with Crippen LogP contribution in [0.3, 0.4) is 0 Å². The number of aromatic hydroxyl groups is 1. The number of hydrogen-bond donors (Lipinski definition) is 1. The van der Waals surface area contributed by atoms with Crippen molar-refractivity contribution >= 4 is 5.78 Å². The van der Waals surface area contributed by atoms with E-state index in [-0.39, 0.29) is 30.1 Å². The molecule has 3 aromatic carbocycles. The van der Waals surface area contributed by atoms with Crippen LogP contribution in [0.25, 0.3) is 0 Å². The number of carbonyl (C=O) groups is 1. The first-order valence-corrected chi connectivity index (χ1v) is 12.8. The number of hydrogen-bond acceptors (Lipinski definition) is 3. The Bertz CT molecular complexity index is 1200. The Labute approximate surface area is 206 Å². The summed E-state index contributed by atoms with van der Waals surface area (Å²) < 4.78 is 21.3. The standard InChI is InChI=1S/C31H31FO3/c32-31(17-23-15-26(34)16-24(23)18-31)19-35-27-10-6-21(7-11-27)30-28(20-4-2-1-3-5-20)12-8-22-14-25(33)9-13-29(22)30/h1-7,9-11,13-14,23-24,28,30,33H,8,12,15-19H2. The lowest BCUT2D eigenvalue weighted by molar-refractivity contribution is -0.118. The molecular formula is C31H31FO3. The summed E-state index contributed by atoms with van der Waals surface area (Å²) in [5.74, 6) is 2.18. The van der Waals surface area contributed by atoms with Crippen LogP contribution in [0.15, 0.2) is 72.8 Å². The molecule has 2 fully saturated rings. The van der Waals surface area contributed by atoms with Crippen molar-refractivity contribution in [1.82, 2.24) is 0 Å². The van der Waals surface area contributed by atoms with Gasteiger partial charge in [0.15, 0.2) is 0 Å². The highest BCUT2D eigenvalue weighted by molar-refractivity contribution is 5.81. The second-order valence-electron chi connectivity index (χ2n) is 10.8. The van der Waals surface area contributed by atoms with Gasteiger partial charge in [-0.25, -0.2) is 4.39 Å². The number of benzene rings is 3. The summed E-state index contributed by atoms with van der Waals surface area (Å²) in [6.07, 6.45) is 3.89. The lowest BCUT2D eigenvalue weighted by Crippen LogP contribution is -2.29. The van der Waals surface area contributed by atoms with Crippen LogP contribution in [0.5, 0.6) is 11.5 Å². The van der Waals surface area contributed by atoms with Crippen LogP contribution in [0.1, 0.15) is 66.2 Å². The number of fused-ring (bicyclic) bond motifs is 2. The van der Waals surface area contributed by atoms with E-state index < -0.39 is 5.67 Å². The summed E-state index contributed by atoms with van der Waals surface area (Å²) in [4.78, 5) is 11.7. The molecule has 4 heteroatoms. The molecule has 3 aromatic rings. The van der Waals surface area contributed by atoms with Crippen molar-refractivity contribution in [3.8, 4) is 11.5 Å². The van der Waals surface area contributed by atoms with E-state index in [0.29, 0.717) is 43.1 Å². The average Bonchev–Trinajstić information content (AvgIpc) is 3.35. The number of carbonyl (C=O) groups excluding carboxylic acids is 1. The third kappa shape index (κ3) is 4.35. The first kappa shape index (κ1) is 22.3. The molecule has 0 bridgehead atoms. The minimum Gasteiger partial charge on any atom is -0.508 e. The van der Waals surface area contributed by atoms with E-state index in [1.807, 2.05) is 24.3 Å². The van der Waals surface area contributed by atoms with Gasteiger partial charge in [0.25, 0.3) is 0 Å². The largest absolute Gasteiger partial charge is 0.508 e. The van der Waals surface area contributed by atoms with Gasteiger partial charge in [-0.2, -0.15) is 0 Å². The zero-order chi connectivity index (χ0) is 24.0. The van der Waals surface area contributed by atoms with Crippen LogP contribution >= 0.6 is 0 Å². The third-order valence-corrected chi connectivity index (χ3v) is 8.46. The Hall–Kier alpha value is -3.14. The highest BCUT2D eigenvalue weighted by atomic mass is 19.1. The SMILES string of the molecule is O=C1CC2CC(F)(COc3ccc(C4c5ccc(O)cc5CCC4c4ccccc4)cc3)CC2C1. The number of alkyl halides is 1. The Balaban J connectivity index is 1.22. The number of halogens is 1. The summed E-state index contributed by atoms with van der Waals surface area (Å²) in [6.45, 7) is 0.0473. The van der Waals surface area contributed by atoms with Gasteiger partial charge in [-0.05, 0) is 90.0 Å². The molecule has 0 aliphatic heterocycles. The number of ether oxygens (including phenoxy) is 1. The normalized spacial score (nSPS) is 29.6. The van der Waals surface area contributed by atoms with Crippen molar-refractivity contribution in [2.24, 2.45) is 11.8 Å². The fourth-order valence-corrected chi connectivity index (χ4v) is 6.88. The minimum atomic E-state index is -1.34. The Morgan fingerprint density at radius 2 is 1.63 bits per heavy atom. The minimum absolute atomic E-state index is 0.0473. The number of ketones is 1. The first-order valence-electron chi connectivity index (χ1n) is 12.8. The first-order chi connectivity index (χ1) is 17.0. The summed E-state index contributed by atoms with van der Waals surface area (Å²) >= 11 is 0. The summed E-state index contributed by atoms with van der Waals surface area (Å²) in [5.41, 5.74) is 3.64. The van der Waals surface area contributed by atoms with Gasteiger partial charge < -0.3 is 9.84 Å². The van der Waals surface area contributed by atoms with E-state index in [1.54, 1.807) is 6.07 Å². The van der Waals surface area contributed by atoms with Crippen LogP contribution in [0.4, 0.5) is 4.39 Å². The molecule has 0 heterocycles. The van der Waals surface area contributed by atoms with E-state index in [0.717, 1.165) is 12.8 Å². The number of aryl methyl sites for hydroxylation is 1. The van der Waals surface area contributed by atoms with Crippen molar-refractivity contribution in [3.63, 3.8) is 0 Å². The van der Waals surface area contributed by atoms with Gasteiger partial charge in [-0.1, -0.05) is 48.5 Å². The van der Waals surface area contributed by atoms with Crippen LogP contribution in [0, 0.1) is 11.8 Å². The maximum absolute atomic E-state index is 15.4. The smallest absolute Gasteiger partial charge is 0.145 e. The van der Waals surface area contributed by atoms with Gasteiger partial charge in [-0.3, -0.25) is 4.79 Å². The molecule has 0 radical (unpaired) electrons. The van der Waals surface area contributed by atoms with Crippen molar-refractivity contribution in [2.45, 2.75) is 56.0 Å². The van der Waals surface area contributed by atoms with Crippen molar-refractivity contribution in [2.75, 3.05) is 6.61 Å². The highest BCUT2D eigenvalue weighted by Gasteiger charge is 2.50. The summed E-state index contributed by atoms with van der Waals surface area (Å²) in [5, 5.41) is 10.0. The van der Waals surface area contributed by atoms with E-state index in [4.69, 9.17) is 4.74 Å². The Kier molecular flexibility index (Phi) is 5.63. The van der Waals surface area contributed by atoms with Gasteiger partial charge in [-0.15, -0.1) is 0 Å². The molecule has 2 saturated carbocycles. The van der Waals surface area contributed by atoms with Crippen LogP contribution in [0.2, 0.25) is 0 Å². The maximum atomic E-state index is 15.4. The molecule has 3 aliphatic carbocycles. The predicted molar refractivity (Wildman–Crippen MR) is 134 cm³/mol. The lowest BCUT2D eigenvalue weighted by atomic mass is 9.69. The molecule has 4 atom stereocenters. The average molecular weight is 471 g/mol. The second kappa shape index (κ2) is 8.82. The molecule has 0 amide bonds. The molecular weight excluding hydrogens is 439 g/mol. The second-order valence-corrected chi connectivity index (χ2v) is 10.8. The third-order valence-electron chi connectivity index (χ3n) is 8.46. The molecule has 35 heavy (non-hydrogen) atoms. The van der Waals surface area contributed by atoms with E-state index in [2.05, 4.69) is 42.5 Å². The van der Waals surface area contributed by atoms with Crippen molar-refractivity contribution in [3.05, 3.63) is 95.1 Å². The number of phenolic OH excluding ortho intramolecular Hbond substituents is 1. The van der Waals surface area contributed by atoms with Crippen LogP contribution < -0.4 is 4.74 Å². The van der Waals surface area contributed by atoms with Crippen molar-refractivity contribution < 1.29 is 19.0 Å². The van der Waals surface area contributed by atoms with E-state index in [1.165, 1.54) is 22.3 Å². The number of phenols is 1. The molecule has 4 unspecified atom stereocenters. The lowest BCUT2D eigenvalue weighted by Gasteiger charge is -2.35. The summed E-state index contributed by atoms with van der Waals surface area (Å²) in [7, 11) is 0. The summed E-state index contributed by atoms with van der Waals surface area (Å²) in [6, 6.07) is 24.5. The van der Waals surface area contributed by atoms with Gasteiger partial charge in [0.05, 0.1) is 0 Å². The fourth-order valence-electron chi connectivity index (χ4n) is 6.88. The van der Waals surface area contributed by atoms with E-state index >= 15 is 4.39 Å². The predicted octanol–water partition coefficient (Wildman–Crippen LogP) is 6.73. The zero-order valence-corrected chi connectivity index (χ0v) is 19.8. The van der Waals surface area contributed by atoms with Gasteiger partial charge >= 0.3 is 0 Å². The maximum Gasteiger partial charge on any atom is 0.145 e. The molecule has 180 valence electrons. The molecule has 0 saturated heterocycles. The van der Waals surface area contributed by atoms with Crippen LogP contribution in [-0.4, -0.2) is 23.2 Å². The molecule has 0 spiro atoms. The zero-order valence-electron chi connectivity index (χ0n) is 19.8. The van der Waals surface area contributed by atoms with Gasteiger partial charge in [0.2, 0.25) is 0 Å². The fraction of sp³-hybridized carbons (Fsp3) is 0.387. The molecule has 0 aromatic heterocycles. The van der Waals surface area contributed by atoms with Gasteiger partial charge in [0, 0.05) is 18.8 Å². The number of Topliss-reactive ketones (excluding diaryl/α,β-unsaturated/α-hetero) is 1. The van der Waals surface area contributed by atoms with Crippen molar-refractivity contribution in [1.29, 1.82) is 0 Å². The quantitative estimate of drug-likeness (QED) is 0.450. The van der Waals surface area contributed by atoms with Gasteiger partial charge in [0.1, 0.15) is 29.6 Å². The highest BCUT2D eigenvalue weighted by Crippen LogP contribution is 2.50. The van der Waals surface area contributed by atoms with Crippen LogP contribution in [-0.2, 0) is 11.2 Å². The molecule has 3 aliphatic rings. The number of rotatable bonds is 5. The molecule has 3 nitrogen and oxygen atoms in total. The Morgan fingerprint density at radius 1 is 0.914 bits per heavy atom. The molecule has 1 N–H and O–H groups in total.